The van der Waals surface area contributed by atoms with Crippen molar-refractivity contribution < 1.29 is 23.9 Å². The van der Waals surface area contributed by atoms with Crippen LogP contribution in [0.3, 0.4) is 0 Å². The highest BCUT2D eigenvalue weighted by atomic mass is 32.1. The molecule has 0 unspecified atom stereocenters. The molecule has 0 radical (unpaired) electrons. The van der Waals surface area contributed by atoms with Crippen LogP contribution in [0.25, 0.3) is 0 Å². The predicted molar refractivity (Wildman–Crippen MR) is 125 cm³/mol. The third kappa shape index (κ3) is 2.35. The molecule has 0 saturated carbocycles. The number of benzene rings is 2. The average molecular weight is 466 g/mol. The number of methoxy groups -OCH3 is 1. The summed E-state index contributed by atoms with van der Waals surface area (Å²) >= 11 is 5.80. The number of hydrogen-bond acceptors (Lipinski definition) is 6. The van der Waals surface area contributed by atoms with Gasteiger partial charge >= 0.3 is 5.97 Å². The van der Waals surface area contributed by atoms with Crippen molar-refractivity contribution in [1.29, 1.82) is 0 Å². The van der Waals surface area contributed by atoms with Gasteiger partial charge in [-0.1, -0.05) is 30.4 Å². The number of likely N-dealkylation sites (N-methyl/N-ethyl adjacent to an activating group) is 2. The van der Waals surface area contributed by atoms with E-state index < -0.39 is 22.8 Å². The van der Waals surface area contributed by atoms with Crippen LogP contribution in [-0.4, -0.2) is 50.6 Å². The average Bonchev–Trinajstić information content (AvgIpc) is 3.31. The molecule has 1 saturated heterocycles. The number of thiocarbonyl (C=S) groups is 1. The minimum Gasteiger partial charge on any atom is -0.497 e. The van der Waals surface area contributed by atoms with E-state index in [0.29, 0.717) is 28.3 Å². The van der Waals surface area contributed by atoms with Gasteiger partial charge < -0.3 is 24.6 Å². The minimum absolute atomic E-state index is 0.0922. The van der Waals surface area contributed by atoms with E-state index >= 15 is 0 Å². The van der Waals surface area contributed by atoms with Crippen molar-refractivity contribution in [3.8, 4) is 5.75 Å². The summed E-state index contributed by atoms with van der Waals surface area (Å²) in [6, 6.07) is 12.4. The van der Waals surface area contributed by atoms with E-state index in [0.717, 1.165) is 0 Å². The highest BCUT2D eigenvalue weighted by Crippen LogP contribution is 2.60. The molecule has 0 bridgehead atoms. The van der Waals surface area contributed by atoms with Crippen LogP contribution in [0, 0.1) is 5.92 Å². The Morgan fingerprint density at radius 2 is 1.73 bits per heavy atom. The second kappa shape index (κ2) is 7.02. The molecule has 3 aliphatic heterocycles. The normalized spacial score (nSPS) is 27.3. The van der Waals surface area contributed by atoms with Gasteiger partial charge in [0.25, 0.3) is 5.91 Å². The molecule has 3 aliphatic rings. The van der Waals surface area contributed by atoms with Gasteiger partial charge in [0.15, 0.2) is 5.54 Å². The summed E-state index contributed by atoms with van der Waals surface area (Å²) in [4.78, 5) is 44.6. The number of rotatable bonds is 3. The quantitative estimate of drug-likeness (QED) is 0.547. The number of carbonyl (C=O) groups is 3. The SMILES string of the molecule is CCOC(=O)[C@H]1[C@]2(C(=O)N(C)c3ccccc32)C(=S)N[C@]12C(=O)N(C)c1ccc(OC)cc12. The van der Waals surface area contributed by atoms with Crippen molar-refractivity contribution in [3.05, 3.63) is 53.6 Å². The first-order valence-corrected chi connectivity index (χ1v) is 11.0. The Morgan fingerprint density at radius 1 is 1.06 bits per heavy atom. The van der Waals surface area contributed by atoms with Crippen molar-refractivity contribution in [2.75, 3.05) is 37.6 Å². The molecule has 33 heavy (non-hydrogen) atoms. The Kier molecular flexibility index (Phi) is 4.55. The first-order valence-electron chi connectivity index (χ1n) is 10.6. The van der Waals surface area contributed by atoms with Gasteiger partial charge in [0.2, 0.25) is 5.91 Å². The Hall–Kier alpha value is -3.46. The van der Waals surface area contributed by atoms with Gasteiger partial charge in [0.05, 0.1) is 18.7 Å². The highest BCUT2D eigenvalue weighted by Gasteiger charge is 2.76. The lowest BCUT2D eigenvalue weighted by atomic mass is 9.65. The van der Waals surface area contributed by atoms with Crippen molar-refractivity contribution in [1.82, 2.24) is 5.32 Å². The smallest absolute Gasteiger partial charge is 0.314 e. The molecule has 2 amide bonds. The predicted octanol–water partition coefficient (Wildman–Crippen LogP) is 1.89. The van der Waals surface area contributed by atoms with Gasteiger partial charge in [0, 0.05) is 31.0 Å². The van der Waals surface area contributed by atoms with Gasteiger partial charge in [-0.15, -0.1) is 0 Å². The van der Waals surface area contributed by atoms with E-state index in [4.69, 9.17) is 21.7 Å². The molecule has 2 aromatic carbocycles. The molecule has 2 spiro atoms. The summed E-state index contributed by atoms with van der Waals surface area (Å²) in [5.41, 5.74) is -0.843. The number of nitrogens with one attached hydrogen (secondary N) is 1. The first-order chi connectivity index (χ1) is 15.8. The number of hydrogen-bond donors (Lipinski definition) is 1. The summed E-state index contributed by atoms with van der Waals surface area (Å²) in [6.45, 7) is 1.78. The standard InChI is InChI=1S/C24H23N3O5S/c1-5-32-19(28)18-23(14-8-6-7-9-16(14)26(2)21(23)29)20(33)25-24(18)15-12-13(31-4)10-11-17(15)27(3)22(24)30/h6-12,18H,5H2,1-4H3,(H,25,33)/t18-,23-,24-/m0/s1. The number of ether oxygens (including phenoxy) is 2. The van der Waals surface area contributed by atoms with Crippen LogP contribution in [-0.2, 0) is 30.1 Å². The number of amides is 2. The second-order valence-corrected chi connectivity index (χ2v) is 8.79. The lowest BCUT2D eigenvalue weighted by Gasteiger charge is -2.34. The van der Waals surface area contributed by atoms with Gasteiger partial charge in [-0.2, -0.15) is 0 Å². The number of fused-ring (bicyclic) bond motifs is 4. The number of esters is 1. The summed E-state index contributed by atoms with van der Waals surface area (Å²) < 4.78 is 10.9. The molecule has 1 fully saturated rings. The van der Waals surface area contributed by atoms with Crippen LogP contribution in [0.5, 0.6) is 5.75 Å². The number of carbonyl (C=O) groups excluding carboxylic acids is 3. The first kappa shape index (κ1) is 21.4. The van der Waals surface area contributed by atoms with Crippen LogP contribution < -0.4 is 19.9 Å². The topological polar surface area (TPSA) is 88.2 Å². The molecular formula is C24H23N3O5S. The van der Waals surface area contributed by atoms with Crippen molar-refractivity contribution in [3.63, 3.8) is 0 Å². The van der Waals surface area contributed by atoms with Crippen LogP contribution in [0.1, 0.15) is 18.1 Å². The lowest BCUT2D eigenvalue weighted by Crippen LogP contribution is -2.56. The van der Waals surface area contributed by atoms with Gasteiger partial charge in [0.1, 0.15) is 17.1 Å². The molecule has 3 heterocycles. The monoisotopic (exact) mass is 465 g/mol. The summed E-state index contributed by atoms with van der Waals surface area (Å²) in [5.74, 6) is -2.16. The zero-order valence-corrected chi connectivity index (χ0v) is 19.5. The van der Waals surface area contributed by atoms with Crippen molar-refractivity contribution >= 4 is 46.4 Å². The Bertz CT molecular complexity index is 1250. The molecule has 8 nitrogen and oxygen atoms in total. The Balaban J connectivity index is 1.86. The Labute approximate surface area is 196 Å². The lowest BCUT2D eigenvalue weighted by molar-refractivity contribution is -0.156. The number of anilines is 2. The van der Waals surface area contributed by atoms with Gasteiger partial charge in [-0.3, -0.25) is 14.4 Å². The van der Waals surface area contributed by atoms with Gasteiger partial charge in [-0.05, 0) is 36.8 Å². The molecule has 1 N–H and O–H groups in total. The minimum atomic E-state index is -1.62. The summed E-state index contributed by atoms with van der Waals surface area (Å²) in [5, 5.41) is 3.17. The summed E-state index contributed by atoms with van der Waals surface area (Å²) in [7, 11) is 4.81. The highest BCUT2D eigenvalue weighted by molar-refractivity contribution is 7.80. The van der Waals surface area contributed by atoms with Crippen LogP contribution in [0.15, 0.2) is 42.5 Å². The maximum atomic E-state index is 13.9. The van der Waals surface area contributed by atoms with Gasteiger partial charge in [-0.25, -0.2) is 0 Å². The fraction of sp³-hybridized carbons (Fsp3) is 0.333. The molecule has 0 aliphatic carbocycles. The van der Waals surface area contributed by atoms with Crippen LogP contribution in [0.2, 0.25) is 0 Å². The van der Waals surface area contributed by atoms with E-state index in [9.17, 15) is 14.4 Å². The van der Waals surface area contributed by atoms with E-state index in [-0.39, 0.29) is 23.4 Å². The van der Waals surface area contributed by atoms with E-state index in [1.165, 1.54) is 16.9 Å². The maximum Gasteiger partial charge on any atom is 0.314 e. The molecule has 2 aromatic rings. The van der Waals surface area contributed by atoms with Crippen molar-refractivity contribution in [2.24, 2.45) is 5.92 Å². The summed E-state index contributed by atoms with van der Waals surface area (Å²) in [6.07, 6.45) is 0. The molecular weight excluding hydrogens is 442 g/mol. The molecule has 170 valence electrons. The van der Waals surface area contributed by atoms with Crippen LogP contribution in [0.4, 0.5) is 11.4 Å². The van der Waals surface area contributed by atoms with E-state index in [2.05, 4.69) is 5.32 Å². The molecule has 9 heteroatoms. The fourth-order valence-electron chi connectivity index (χ4n) is 5.61. The van der Waals surface area contributed by atoms with Crippen molar-refractivity contribution in [2.45, 2.75) is 17.9 Å². The van der Waals surface area contributed by atoms with E-state index in [1.54, 1.807) is 57.4 Å². The zero-order valence-electron chi connectivity index (χ0n) is 18.7. The Morgan fingerprint density at radius 3 is 2.42 bits per heavy atom. The largest absolute Gasteiger partial charge is 0.497 e. The van der Waals surface area contributed by atoms with E-state index in [1.807, 2.05) is 6.07 Å². The maximum absolute atomic E-state index is 13.9. The molecule has 0 aromatic heterocycles. The zero-order chi connectivity index (χ0) is 23.7. The number of nitrogens with zero attached hydrogens (tertiary/aromatic N) is 2. The molecule has 5 rings (SSSR count). The number of para-hydroxylation sites is 1. The fourth-order valence-corrected chi connectivity index (χ4v) is 6.09. The third-order valence-electron chi connectivity index (χ3n) is 7.02. The second-order valence-electron chi connectivity index (χ2n) is 8.38. The molecule has 3 atom stereocenters. The van der Waals surface area contributed by atoms with Crippen LogP contribution >= 0.6 is 12.2 Å². The third-order valence-corrected chi connectivity index (χ3v) is 7.45.